The maximum absolute atomic E-state index is 12.0. The lowest BCUT2D eigenvalue weighted by molar-refractivity contribution is 0.713. The van der Waals surface area contributed by atoms with Gasteiger partial charge in [0.05, 0.1) is 11.2 Å². The zero-order valence-corrected chi connectivity index (χ0v) is 11.8. The van der Waals surface area contributed by atoms with Crippen LogP contribution in [0.2, 0.25) is 0 Å². The van der Waals surface area contributed by atoms with Crippen LogP contribution >= 0.6 is 0 Å². The van der Waals surface area contributed by atoms with Gasteiger partial charge in [0.2, 0.25) is 0 Å². The number of aromatic nitrogens is 1. The second-order valence-corrected chi connectivity index (χ2v) is 4.82. The quantitative estimate of drug-likeness (QED) is 0.828. The lowest BCUT2D eigenvalue weighted by Gasteiger charge is -2.21. The summed E-state index contributed by atoms with van der Waals surface area (Å²) in [6.45, 7) is 1.91. The number of para-hydroxylation sites is 1. The maximum Gasteiger partial charge on any atom is 0.252 e. The summed E-state index contributed by atoms with van der Waals surface area (Å²) in [4.78, 5) is 14.2. The van der Waals surface area contributed by atoms with E-state index in [9.17, 15) is 4.79 Å². The molecular formula is C15H21N3O. The number of anilines is 1. The Balaban J connectivity index is 2.43. The predicted octanol–water partition coefficient (Wildman–Crippen LogP) is 1.58. The molecule has 0 aliphatic carbocycles. The first-order chi connectivity index (χ1) is 9.15. The van der Waals surface area contributed by atoms with Gasteiger partial charge in [0.15, 0.2) is 0 Å². The van der Waals surface area contributed by atoms with Gasteiger partial charge in [-0.2, -0.15) is 0 Å². The predicted molar refractivity (Wildman–Crippen MR) is 81.0 cm³/mol. The summed E-state index contributed by atoms with van der Waals surface area (Å²) in [7, 11) is 5.81. The van der Waals surface area contributed by atoms with Crippen LogP contribution in [0.3, 0.4) is 0 Å². The standard InChI is InChI=1S/C15H21N3O/c1-16-9-6-10-17(2)14-11-15(19)18(3)13-8-5-4-7-12(13)14/h4-5,7-8,11,16H,6,9-10H2,1-3H3. The van der Waals surface area contributed by atoms with Crippen molar-refractivity contribution in [3.63, 3.8) is 0 Å². The monoisotopic (exact) mass is 259 g/mol. The summed E-state index contributed by atoms with van der Waals surface area (Å²) in [6, 6.07) is 9.76. The first-order valence-electron chi connectivity index (χ1n) is 6.59. The van der Waals surface area contributed by atoms with E-state index in [1.807, 2.05) is 39.3 Å². The molecule has 0 radical (unpaired) electrons. The molecule has 4 heteroatoms. The fraction of sp³-hybridized carbons (Fsp3) is 0.400. The molecule has 0 spiro atoms. The summed E-state index contributed by atoms with van der Waals surface area (Å²) >= 11 is 0. The van der Waals surface area contributed by atoms with Crippen LogP contribution in [0.15, 0.2) is 35.1 Å². The van der Waals surface area contributed by atoms with E-state index in [1.54, 1.807) is 10.6 Å². The molecule has 1 aromatic carbocycles. The highest BCUT2D eigenvalue weighted by Gasteiger charge is 2.09. The number of hydrogen-bond acceptors (Lipinski definition) is 3. The van der Waals surface area contributed by atoms with Crippen LogP contribution in [0.1, 0.15) is 6.42 Å². The van der Waals surface area contributed by atoms with Gasteiger partial charge in [-0.25, -0.2) is 0 Å². The smallest absolute Gasteiger partial charge is 0.252 e. The van der Waals surface area contributed by atoms with Gasteiger partial charge < -0.3 is 14.8 Å². The van der Waals surface area contributed by atoms with Crippen molar-refractivity contribution in [3.8, 4) is 0 Å². The van der Waals surface area contributed by atoms with E-state index in [0.29, 0.717) is 0 Å². The van der Waals surface area contributed by atoms with Crippen LogP contribution in [0.25, 0.3) is 10.9 Å². The third kappa shape index (κ3) is 2.79. The third-order valence-electron chi connectivity index (χ3n) is 3.46. The molecule has 0 aliphatic heterocycles. The van der Waals surface area contributed by atoms with Gasteiger partial charge in [-0.15, -0.1) is 0 Å². The van der Waals surface area contributed by atoms with E-state index in [4.69, 9.17) is 0 Å². The van der Waals surface area contributed by atoms with Crippen LogP contribution in [-0.2, 0) is 7.05 Å². The molecule has 2 aromatic rings. The Morgan fingerprint density at radius 1 is 1.32 bits per heavy atom. The molecule has 0 amide bonds. The Morgan fingerprint density at radius 3 is 2.79 bits per heavy atom. The number of hydrogen-bond donors (Lipinski definition) is 1. The Hall–Kier alpha value is -1.81. The summed E-state index contributed by atoms with van der Waals surface area (Å²) in [5.41, 5.74) is 2.02. The highest BCUT2D eigenvalue weighted by Crippen LogP contribution is 2.23. The number of aryl methyl sites for hydroxylation is 1. The Labute approximate surface area is 113 Å². The van der Waals surface area contributed by atoms with Crippen LogP contribution < -0.4 is 15.8 Å². The van der Waals surface area contributed by atoms with Crippen LogP contribution in [0.4, 0.5) is 5.69 Å². The summed E-state index contributed by atoms with van der Waals surface area (Å²) in [5, 5.41) is 4.26. The van der Waals surface area contributed by atoms with Crippen molar-refractivity contribution in [2.24, 2.45) is 7.05 Å². The first kappa shape index (κ1) is 13.6. The van der Waals surface area contributed by atoms with Gasteiger partial charge in [-0.1, -0.05) is 18.2 Å². The average Bonchev–Trinajstić information content (AvgIpc) is 2.43. The van der Waals surface area contributed by atoms with Gasteiger partial charge in [-0.3, -0.25) is 4.79 Å². The SMILES string of the molecule is CNCCCN(C)c1cc(=O)n(C)c2ccccc12. The molecule has 0 fully saturated rings. The number of nitrogens with one attached hydrogen (secondary N) is 1. The molecule has 0 bridgehead atoms. The topological polar surface area (TPSA) is 37.3 Å². The minimum absolute atomic E-state index is 0.0363. The number of benzene rings is 1. The Morgan fingerprint density at radius 2 is 2.05 bits per heavy atom. The first-order valence-corrected chi connectivity index (χ1v) is 6.59. The number of rotatable bonds is 5. The third-order valence-corrected chi connectivity index (χ3v) is 3.46. The minimum atomic E-state index is 0.0363. The van der Waals surface area contributed by atoms with Gasteiger partial charge in [-0.05, 0) is 26.1 Å². The second-order valence-electron chi connectivity index (χ2n) is 4.82. The van der Waals surface area contributed by atoms with E-state index >= 15 is 0 Å². The van der Waals surface area contributed by atoms with E-state index in [-0.39, 0.29) is 5.56 Å². The molecule has 0 saturated carbocycles. The van der Waals surface area contributed by atoms with Gasteiger partial charge >= 0.3 is 0 Å². The fourth-order valence-corrected chi connectivity index (χ4v) is 2.32. The molecule has 0 aliphatic rings. The fourth-order valence-electron chi connectivity index (χ4n) is 2.32. The van der Waals surface area contributed by atoms with Gasteiger partial charge in [0.1, 0.15) is 0 Å². The van der Waals surface area contributed by atoms with Crippen LogP contribution in [0.5, 0.6) is 0 Å². The van der Waals surface area contributed by atoms with E-state index in [0.717, 1.165) is 36.1 Å². The molecule has 0 saturated heterocycles. The number of nitrogens with zero attached hydrogens (tertiary/aromatic N) is 2. The second kappa shape index (κ2) is 5.89. The van der Waals surface area contributed by atoms with Gasteiger partial charge in [0.25, 0.3) is 5.56 Å². The number of pyridine rings is 1. The molecule has 2 rings (SSSR count). The lowest BCUT2D eigenvalue weighted by Crippen LogP contribution is -2.25. The highest BCUT2D eigenvalue weighted by molar-refractivity contribution is 5.91. The van der Waals surface area contributed by atoms with Crippen molar-refractivity contribution in [1.29, 1.82) is 0 Å². The molecule has 0 unspecified atom stereocenters. The van der Waals surface area contributed by atoms with Crippen molar-refractivity contribution < 1.29 is 0 Å². The minimum Gasteiger partial charge on any atom is -0.374 e. The summed E-state index contributed by atoms with van der Waals surface area (Å²) in [6.07, 6.45) is 1.05. The van der Waals surface area contributed by atoms with Crippen LogP contribution in [-0.4, -0.2) is 31.8 Å². The Kier molecular flexibility index (Phi) is 4.22. The van der Waals surface area contributed by atoms with Crippen molar-refractivity contribution in [2.75, 3.05) is 32.1 Å². The molecule has 1 aromatic heterocycles. The molecule has 19 heavy (non-hydrogen) atoms. The van der Waals surface area contributed by atoms with Crippen LogP contribution in [0, 0.1) is 0 Å². The molecule has 4 nitrogen and oxygen atoms in total. The van der Waals surface area contributed by atoms with E-state index in [2.05, 4.69) is 16.3 Å². The zero-order chi connectivity index (χ0) is 13.8. The highest BCUT2D eigenvalue weighted by atomic mass is 16.1. The maximum atomic E-state index is 12.0. The van der Waals surface area contributed by atoms with E-state index in [1.165, 1.54) is 0 Å². The largest absolute Gasteiger partial charge is 0.374 e. The lowest BCUT2D eigenvalue weighted by atomic mass is 10.1. The van der Waals surface area contributed by atoms with Crippen molar-refractivity contribution in [2.45, 2.75) is 6.42 Å². The van der Waals surface area contributed by atoms with Gasteiger partial charge in [0, 0.05) is 32.1 Å². The molecule has 1 N–H and O–H groups in total. The summed E-state index contributed by atoms with van der Waals surface area (Å²) in [5.74, 6) is 0. The zero-order valence-electron chi connectivity index (χ0n) is 11.8. The molecule has 102 valence electrons. The van der Waals surface area contributed by atoms with Crippen molar-refractivity contribution >= 4 is 16.6 Å². The summed E-state index contributed by atoms with van der Waals surface area (Å²) < 4.78 is 1.69. The van der Waals surface area contributed by atoms with Crippen molar-refractivity contribution in [3.05, 3.63) is 40.7 Å². The Bertz CT molecular complexity index is 618. The van der Waals surface area contributed by atoms with Crippen molar-refractivity contribution in [1.82, 2.24) is 9.88 Å². The molecule has 0 atom stereocenters. The molecular weight excluding hydrogens is 238 g/mol. The van der Waals surface area contributed by atoms with E-state index < -0.39 is 0 Å². The number of fused-ring (bicyclic) bond motifs is 1. The molecule has 1 heterocycles. The average molecular weight is 259 g/mol. The normalized spacial score (nSPS) is 10.9.